The Morgan fingerprint density at radius 2 is 1.41 bits per heavy atom. The van der Waals surface area contributed by atoms with E-state index in [1.54, 1.807) is 0 Å². The van der Waals surface area contributed by atoms with E-state index < -0.39 is 5.72 Å². The van der Waals surface area contributed by atoms with Crippen LogP contribution in [0.1, 0.15) is 136 Å². The van der Waals surface area contributed by atoms with Gasteiger partial charge in [-0.05, 0) is 74.9 Å². The number of ether oxygens (including phenoxy) is 1. The lowest BCUT2D eigenvalue weighted by Gasteiger charge is -2.39. The highest BCUT2D eigenvalue weighted by Crippen LogP contribution is 2.43. The van der Waals surface area contributed by atoms with Gasteiger partial charge >= 0.3 is 5.97 Å². The van der Waals surface area contributed by atoms with Crippen LogP contribution >= 0.6 is 0 Å². The highest BCUT2D eigenvalue weighted by Gasteiger charge is 2.37. The minimum atomic E-state index is -0.635. The molecule has 1 heterocycles. The predicted octanol–water partition coefficient (Wildman–Crippen LogP) is 8.84. The number of nitrogens with one attached hydrogen (secondary N) is 1. The van der Waals surface area contributed by atoms with E-state index in [4.69, 9.17) is 4.74 Å². The molecule has 3 heteroatoms. The second-order valence-corrected chi connectivity index (χ2v) is 11.6. The number of hydrogen-bond acceptors (Lipinski definition) is 3. The van der Waals surface area contributed by atoms with Crippen molar-refractivity contribution in [3.8, 4) is 0 Å². The Morgan fingerprint density at radius 1 is 0.794 bits per heavy atom. The van der Waals surface area contributed by atoms with Crippen molar-refractivity contribution in [2.24, 2.45) is 23.7 Å². The molecule has 3 nitrogen and oxygen atoms in total. The van der Waals surface area contributed by atoms with E-state index in [0.29, 0.717) is 0 Å². The molecule has 0 spiro atoms. The molecule has 1 N–H and O–H groups in total. The zero-order chi connectivity index (χ0) is 24.1. The Bertz CT molecular complexity index is 625. The summed E-state index contributed by atoms with van der Waals surface area (Å²) in [7, 11) is 0. The zero-order valence-electron chi connectivity index (χ0n) is 22.4. The molecule has 34 heavy (non-hydrogen) atoms. The Hall–Kier alpha value is -1.25. The molecule has 0 saturated heterocycles. The molecule has 0 aromatic carbocycles. The summed E-state index contributed by atoms with van der Waals surface area (Å²) in [6.45, 7) is 4.54. The molecule has 0 radical (unpaired) electrons. The second kappa shape index (κ2) is 15.0. The first kappa shape index (κ1) is 27.3. The van der Waals surface area contributed by atoms with Crippen LogP contribution in [0, 0.1) is 23.7 Å². The van der Waals surface area contributed by atoms with Gasteiger partial charge in [0.2, 0.25) is 5.72 Å². The monoisotopic (exact) mass is 471 g/mol. The minimum absolute atomic E-state index is 0.0234. The molecule has 0 amide bonds. The van der Waals surface area contributed by atoms with Crippen molar-refractivity contribution in [1.82, 2.24) is 5.32 Å². The van der Waals surface area contributed by atoms with Gasteiger partial charge in [0, 0.05) is 12.6 Å². The maximum atomic E-state index is 13.2. The van der Waals surface area contributed by atoms with Crippen LogP contribution in [0.5, 0.6) is 0 Å². The molecule has 2 saturated carbocycles. The standard InChI is InChI=1S/C31H53NO2/c1-3-5-7-9-11-23-31(24-12-13-25-32-31)34-30(33)29-21-19-28(20-22-29)27-17-15-26(16-18-27)14-10-8-6-4-2/h12-13,24-29,32H,3-11,14-23H2,1-2H3/t26-,27-,28-,29-,31?. The van der Waals surface area contributed by atoms with E-state index >= 15 is 0 Å². The Kier molecular flexibility index (Phi) is 12.1. The van der Waals surface area contributed by atoms with Crippen molar-refractivity contribution in [2.75, 3.05) is 0 Å². The number of carbonyl (C=O) groups excluding carboxylic acids is 1. The lowest BCUT2D eigenvalue weighted by molar-refractivity contribution is -0.164. The third kappa shape index (κ3) is 8.76. The number of unbranched alkanes of at least 4 members (excludes halogenated alkanes) is 7. The third-order valence-electron chi connectivity index (χ3n) is 8.96. The maximum absolute atomic E-state index is 13.2. The maximum Gasteiger partial charge on any atom is 0.311 e. The van der Waals surface area contributed by atoms with Gasteiger partial charge in [-0.3, -0.25) is 4.79 Å². The first-order chi connectivity index (χ1) is 16.7. The summed E-state index contributed by atoms with van der Waals surface area (Å²) < 4.78 is 6.19. The van der Waals surface area contributed by atoms with Gasteiger partial charge < -0.3 is 10.1 Å². The van der Waals surface area contributed by atoms with Crippen LogP contribution in [0.25, 0.3) is 0 Å². The molecule has 3 rings (SSSR count). The van der Waals surface area contributed by atoms with Crippen molar-refractivity contribution in [2.45, 2.75) is 142 Å². The van der Waals surface area contributed by atoms with E-state index in [2.05, 4.69) is 25.2 Å². The number of hydrogen-bond donors (Lipinski definition) is 1. The predicted molar refractivity (Wildman–Crippen MR) is 143 cm³/mol. The molecular formula is C31H53NO2. The van der Waals surface area contributed by atoms with Gasteiger partial charge in [0.15, 0.2) is 0 Å². The summed E-state index contributed by atoms with van der Waals surface area (Å²) in [5, 5.41) is 3.37. The summed E-state index contributed by atoms with van der Waals surface area (Å²) in [6.07, 6.45) is 32.3. The van der Waals surface area contributed by atoms with Crippen LogP contribution in [0.4, 0.5) is 0 Å². The molecule has 1 aliphatic heterocycles. The largest absolute Gasteiger partial charge is 0.435 e. The van der Waals surface area contributed by atoms with Crippen molar-refractivity contribution < 1.29 is 9.53 Å². The second-order valence-electron chi connectivity index (χ2n) is 11.6. The number of dihydropyridines is 1. The molecule has 3 aliphatic rings. The molecule has 2 aliphatic carbocycles. The highest BCUT2D eigenvalue weighted by atomic mass is 16.6. The molecule has 0 aromatic rings. The first-order valence-electron chi connectivity index (χ1n) is 15.0. The molecule has 0 aromatic heterocycles. The van der Waals surface area contributed by atoms with Crippen molar-refractivity contribution >= 4 is 5.97 Å². The summed E-state index contributed by atoms with van der Waals surface area (Å²) in [5.74, 6) is 2.85. The van der Waals surface area contributed by atoms with Gasteiger partial charge in [0.25, 0.3) is 0 Å². The van der Waals surface area contributed by atoms with Gasteiger partial charge in [0.05, 0.1) is 5.92 Å². The highest BCUT2D eigenvalue weighted by molar-refractivity contribution is 5.73. The lowest BCUT2D eigenvalue weighted by atomic mass is 9.68. The number of esters is 1. The number of allylic oxidation sites excluding steroid dienone is 2. The van der Waals surface area contributed by atoms with E-state index in [1.807, 2.05) is 18.4 Å². The normalized spacial score (nSPS) is 31.2. The van der Waals surface area contributed by atoms with Crippen LogP contribution in [0.2, 0.25) is 0 Å². The van der Waals surface area contributed by atoms with Gasteiger partial charge in [-0.1, -0.05) is 90.6 Å². The van der Waals surface area contributed by atoms with Crippen molar-refractivity contribution in [3.63, 3.8) is 0 Å². The third-order valence-corrected chi connectivity index (χ3v) is 8.96. The molecule has 1 atom stereocenters. The smallest absolute Gasteiger partial charge is 0.311 e. The first-order valence-corrected chi connectivity index (χ1v) is 15.0. The van der Waals surface area contributed by atoms with E-state index in [9.17, 15) is 4.79 Å². The van der Waals surface area contributed by atoms with Crippen molar-refractivity contribution in [1.29, 1.82) is 0 Å². The van der Waals surface area contributed by atoms with Crippen LogP contribution in [0.15, 0.2) is 24.4 Å². The van der Waals surface area contributed by atoms with Crippen LogP contribution < -0.4 is 5.32 Å². The average Bonchev–Trinajstić information content (AvgIpc) is 2.87. The summed E-state index contributed by atoms with van der Waals surface area (Å²) >= 11 is 0. The minimum Gasteiger partial charge on any atom is -0.435 e. The van der Waals surface area contributed by atoms with Gasteiger partial charge in [-0.2, -0.15) is 0 Å². The number of rotatable bonds is 14. The van der Waals surface area contributed by atoms with E-state index in [-0.39, 0.29) is 11.9 Å². The fourth-order valence-electron chi connectivity index (χ4n) is 6.66. The van der Waals surface area contributed by atoms with Crippen molar-refractivity contribution in [3.05, 3.63) is 24.4 Å². The Labute approximate surface area is 210 Å². The Balaban J connectivity index is 1.38. The summed E-state index contributed by atoms with van der Waals surface area (Å²) in [5.41, 5.74) is -0.635. The Morgan fingerprint density at radius 3 is 2.03 bits per heavy atom. The average molecular weight is 472 g/mol. The topological polar surface area (TPSA) is 38.3 Å². The molecular weight excluding hydrogens is 418 g/mol. The fourth-order valence-corrected chi connectivity index (χ4v) is 6.66. The molecule has 1 unspecified atom stereocenters. The zero-order valence-corrected chi connectivity index (χ0v) is 22.4. The summed E-state index contributed by atoms with van der Waals surface area (Å²) in [4.78, 5) is 13.2. The van der Waals surface area contributed by atoms with Gasteiger partial charge in [-0.25, -0.2) is 0 Å². The fraction of sp³-hybridized carbons (Fsp3) is 0.839. The van der Waals surface area contributed by atoms with E-state index in [1.165, 1.54) is 96.3 Å². The quantitative estimate of drug-likeness (QED) is 0.203. The SMILES string of the molecule is CCCCCCCC1(OC(=O)[C@H]2CC[C@H]([C@H]3CC[C@H](CCCCCC)CC3)CC2)C=CC=CN1. The molecule has 194 valence electrons. The lowest BCUT2D eigenvalue weighted by Crippen LogP contribution is -2.47. The van der Waals surface area contributed by atoms with Crippen LogP contribution in [-0.2, 0) is 9.53 Å². The van der Waals surface area contributed by atoms with Crippen LogP contribution in [0.3, 0.4) is 0 Å². The molecule has 0 bridgehead atoms. The molecule has 2 fully saturated rings. The van der Waals surface area contributed by atoms with Crippen LogP contribution in [-0.4, -0.2) is 11.7 Å². The summed E-state index contributed by atoms with van der Waals surface area (Å²) in [6, 6.07) is 0. The van der Waals surface area contributed by atoms with E-state index in [0.717, 1.165) is 43.4 Å². The van der Waals surface area contributed by atoms with Gasteiger partial charge in [-0.15, -0.1) is 0 Å². The van der Waals surface area contributed by atoms with Gasteiger partial charge in [0.1, 0.15) is 0 Å². The number of carbonyl (C=O) groups is 1.